The number of ether oxygens (including phenoxy) is 1. The molecule has 0 saturated heterocycles. The van der Waals surface area contributed by atoms with Crippen LogP contribution in [0.15, 0.2) is 0 Å². The lowest BCUT2D eigenvalue weighted by atomic mass is 10.1. The first kappa shape index (κ1) is 9.90. The van der Waals surface area contributed by atoms with Gasteiger partial charge in [0, 0.05) is 6.42 Å². The van der Waals surface area contributed by atoms with Crippen LogP contribution < -0.4 is 5.73 Å². The fraction of sp³-hybridized carbons (Fsp3) is 0.500. The Bertz CT molecular complexity index is 157. The number of amides is 1. The van der Waals surface area contributed by atoms with Crippen molar-refractivity contribution in [2.24, 2.45) is 5.73 Å². The number of rotatable bonds is 4. The van der Waals surface area contributed by atoms with Crippen LogP contribution in [0.1, 0.15) is 6.42 Å². The number of aliphatic hydroxyl groups excluding tert-OH is 1. The Hall–Kier alpha value is -1.10. The summed E-state index contributed by atoms with van der Waals surface area (Å²) >= 11 is 0. The summed E-state index contributed by atoms with van der Waals surface area (Å²) in [5.41, 5.74) is 4.78. The fourth-order valence-electron chi connectivity index (χ4n) is 0.547. The summed E-state index contributed by atoms with van der Waals surface area (Å²) in [4.78, 5) is 20.9. The van der Waals surface area contributed by atoms with Crippen molar-refractivity contribution in [3.63, 3.8) is 0 Å². The van der Waals surface area contributed by atoms with Gasteiger partial charge in [0.05, 0.1) is 13.7 Å². The van der Waals surface area contributed by atoms with Crippen LogP contribution in [-0.4, -0.2) is 30.7 Å². The van der Waals surface area contributed by atoms with E-state index in [1.165, 1.54) is 7.11 Å². The lowest BCUT2D eigenvalue weighted by Gasteiger charge is -2.06. The average Bonchev–Trinajstić information content (AvgIpc) is 1.98. The van der Waals surface area contributed by atoms with Gasteiger partial charge in [0.2, 0.25) is 5.91 Å². The maximum atomic E-state index is 10.7. The minimum atomic E-state index is -0.702. The lowest BCUT2D eigenvalue weighted by Crippen LogP contribution is -2.24. The molecule has 0 rings (SSSR count). The van der Waals surface area contributed by atoms with E-state index in [-0.39, 0.29) is 12.3 Å². The van der Waals surface area contributed by atoms with Gasteiger partial charge < -0.3 is 15.6 Å². The van der Waals surface area contributed by atoms with E-state index < -0.39 is 18.5 Å². The van der Waals surface area contributed by atoms with E-state index in [2.05, 4.69) is 4.74 Å². The second kappa shape index (κ2) is 4.68. The quantitative estimate of drug-likeness (QED) is 0.495. The Morgan fingerprint density at radius 3 is 2.36 bits per heavy atom. The van der Waals surface area contributed by atoms with Crippen LogP contribution in [0.2, 0.25) is 0 Å². The van der Waals surface area contributed by atoms with Crippen LogP contribution in [-0.2, 0) is 14.3 Å². The highest BCUT2D eigenvalue weighted by molar-refractivity contribution is 5.91. The van der Waals surface area contributed by atoms with E-state index >= 15 is 0 Å². The second-order valence-electron chi connectivity index (χ2n) is 1.90. The van der Waals surface area contributed by atoms with E-state index in [4.69, 9.17) is 10.8 Å². The number of hydrogen-bond donors (Lipinski definition) is 2. The van der Waals surface area contributed by atoms with Crippen molar-refractivity contribution in [2.45, 2.75) is 6.42 Å². The maximum absolute atomic E-state index is 10.7. The first-order chi connectivity index (χ1) is 5.11. The summed E-state index contributed by atoms with van der Waals surface area (Å²) in [6, 6.07) is 0. The molecule has 3 N–H and O–H groups in total. The van der Waals surface area contributed by atoms with E-state index in [9.17, 15) is 9.59 Å². The molecule has 1 radical (unpaired) electrons. The number of carbonyl (C=O) groups excluding carboxylic acids is 2. The Kier molecular flexibility index (Phi) is 4.21. The van der Waals surface area contributed by atoms with Gasteiger partial charge in [-0.15, -0.1) is 0 Å². The van der Waals surface area contributed by atoms with Crippen molar-refractivity contribution in [3.05, 3.63) is 5.92 Å². The first-order valence-electron chi connectivity index (χ1n) is 2.94. The van der Waals surface area contributed by atoms with Crippen molar-refractivity contribution in [1.29, 1.82) is 0 Å². The number of nitrogens with two attached hydrogens (primary N) is 1. The summed E-state index contributed by atoms with van der Waals surface area (Å²) in [7, 11) is 1.17. The molecule has 0 saturated carbocycles. The lowest BCUT2D eigenvalue weighted by molar-refractivity contribution is -0.140. The maximum Gasteiger partial charge on any atom is 0.315 e. The van der Waals surface area contributed by atoms with E-state index in [1.54, 1.807) is 0 Å². The molecule has 0 fully saturated rings. The molecule has 0 aromatic heterocycles. The SMILES string of the molecule is COC(=O)[C](CO)CC(N)=O. The summed E-state index contributed by atoms with van der Waals surface area (Å²) in [6.45, 7) is -0.504. The number of primary amides is 1. The molecule has 0 spiro atoms. The van der Waals surface area contributed by atoms with Gasteiger partial charge in [-0.3, -0.25) is 9.59 Å². The van der Waals surface area contributed by atoms with Crippen LogP contribution in [0.4, 0.5) is 0 Å². The minimum absolute atomic E-state index is 0.0278. The zero-order valence-electron chi connectivity index (χ0n) is 6.16. The molecule has 1 amide bonds. The monoisotopic (exact) mass is 160 g/mol. The summed E-state index contributed by atoms with van der Waals surface area (Å²) < 4.78 is 4.26. The Morgan fingerprint density at radius 2 is 2.09 bits per heavy atom. The molecule has 0 aliphatic heterocycles. The van der Waals surface area contributed by atoms with Crippen molar-refractivity contribution < 1.29 is 19.4 Å². The highest BCUT2D eigenvalue weighted by Gasteiger charge is 2.21. The molecule has 0 aliphatic carbocycles. The zero-order chi connectivity index (χ0) is 8.85. The van der Waals surface area contributed by atoms with Crippen LogP contribution in [0, 0.1) is 5.92 Å². The van der Waals surface area contributed by atoms with Gasteiger partial charge in [-0.2, -0.15) is 0 Å². The summed E-state index contributed by atoms with van der Waals surface area (Å²) in [5.74, 6) is -1.40. The van der Waals surface area contributed by atoms with Crippen LogP contribution in [0.5, 0.6) is 0 Å². The topological polar surface area (TPSA) is 89.6 Å². The molecule has 11 heavy (non-hydrogen) atoms. The smallest absolute Gasteiger partial charge is 0.315 e. The summed E-state index contributed by atoms with van der Waals surface area (Å²) in [5, 5.41) is 8.53. The molecular formula is C6H10NO4. The molecule has 63 valence electrons. The predicted octanol–water partition coefficient (Wildman–Crippen LogP) is -1.40. The molecule has 0 aromatic carbocycles. The molecule has 0 aliphatic rings. The Labute approximate surface area is 64.1 Å². The van der Waals surface area contributed by atoms with Gasteiger partial charge in [0.1, 0.15) is 5.92 Å². The van der Waals surface area contributed by atoms with Crippen molar-refractivity contribution in [3.8, 4) is 0 Å². The fourth-order valence-corrected chi connectivity index (χ4v) is 0.547. The highest BCUT2D eigenvalue weighted by Crippen LogP contribution is 2.05. The van der Waals surface area contributed by atoms with Crippen molar-refractivity contribution in [1.82, 2.24) is 0 Å². The molecule has 0 heterocycles. The van der Waals surface area contributed by atoms with Crippen LogP contribution >= 0.6 is 0 Å². The van der Waals surface area contributed by atoms with Crippen LogP contribution in [0.25, 0.3) is 0 Å². The van der Waals surface area contributed by atoms with Gasteiger partial charge in [-0.25, -0.2) is 0 Å². The number of esters is 1. The zero-order valence-corrected chi connectivity index (χ0v) is 6.16. The van der Waals surface area contributed by atoms with Gasteiger partial charge >= 0.3 is 5.97 Å². The number of hydrogen-bond acceptors (Lipinski definition) is 4. The van der Waals surface area contributed by atoms with Gasteiger partial charge in [0.15, 0.2) is 0 Å². The molecule has 0 unspecified atom stereocenters. The van der Waals surface area contributed by atoms with Crippen molar-refractivity contribution >= 4 is 11.9 Å². The average molecular weight is 160 g/mol. The van der Waals surface area contributed by atoms with Gasteiger partial charge in [-0.05, 0) is 0 Å². The third kappa shape index (κ3) is 3.57. The number of aliphatic hydroxyl groups is 1. The third-order valence-corrected chi connectivity index (χ3v) is 1.05. The van der Waals surface area contributed by atoms with Crippen LogP contribution in [0.3, 0.4) is 0 Å². The molecule has 5 nitrogen and oxygen atoms in total. The van der Waals surface area contributed by atoms with Gasteiger partial charge in [-0.1, -0.05) is 0 Å². The van der Waals surface area contributed by atoms with Gasteiger partial charge in [0.25, 0.3) is 0 Å². The number of carbonyl (C=O) groups is 2. The minimum Gasteiger partial charge on any atom is -0.468 e. The third-order valence-electron chi connectivity index (χ3n) is 1.05. The molecule has 5 heteroatoms. The molecule has 0 atom stereocenters. The van der Waals surface area contributed by atoms with Crippen molar-refractivity contribution in [2.75, 3.05) is 13.7 Å². The summed E-state index contributed by atoms with van der Waals surface area (Å²) in [6.07, 6.45) is -0.261. The van der Waals surface area contributed by atoms with E-state index in [0.717, 1.165) is 0 Å². The Morgan fingerprint density at radius 1 is 1.55 bits per heavy atom. The molecule has 0 bridgehead atoms. The number of methoxy groups -OCH3 is 1. The second-order valence-corrected chi connectivity index (χ2v) is 1.90. The molecular weight excluding hydrogens is 150 g/mol. The highest BCUT2D eigenvalue weighted by atomic mass is 16.5. The Balaban J connectivity index is 3.94. The normalized spacial score (nSPS) is 9.73. The largest absolute Gasteiger partial charge is 0.468 e. The van der Waals surface area contributed by atoms with E-state index in [1.807, 2.05) is 0 Å². The standard InChI is InChI=1S/C6H10NO4/c1-11-6(10)4(3-8)2-5(7)9/h8H,2-3H2,1H3,(H2,7,9). The molecule has 0 aromatic rings. The van der Waals surface area contributed by atoms with E-state index in [0.29, 0.717) is 0 Å². The first-order valence-corrected chi connectivity index (χ1v) is 2.94. The predicted molar refractivity (Wildman–Crippen MR) is 36.2 cm³/mol.